The van der Waals surface area contributed by atoms with E-state index in [4.69, 9.17) is 17.3 Å². The van der Waals surface area contributed by atoms with Crippen LogP contribution in [-0.2, 0) is 9.59 Å². The monoisotopic (exact) mass is 385 g/mol. The number of carbonyl (C=O) groups excluding carboxylic acids is 2. The Morgan fingerprint density at radius 3 is 2.70 bits per heavy atom. The van der Waals surface area contributed by atoms with E-state index in [1.54, 1.807) is 28.0 Å². The van der Waals surface area contributed by atoms with Gasteiger partial charge in [0, 0.05) is 43.2 Å². The van der Waals surface area contributed by atoms with Crippen molar-refractivity contribution in [1.82, 2.24) is 19.8 Å². The van der Waals surface area contributed by atoms with Crippen LogP contribution >= 0.6 is 11.6 Å². The minimum atomic E-state index is -0.329. The van der Waals surface area contributed by atoms with Crippen molar-refractivity contribution in [3.8, 4) is 11.3 Å². The van der Waals surface area contributed by atoms with Crippen molar-refractivity contribution in [2.24, 2.45) is 0 Å². The summed E-state index contributed by atoms with van der Waals surface area (Å²) in [5.41, 5.74) is 7.96. The fourth-order valence-corrected chi connectivity index (χ4v) is 3.46. The van der Waals surface area contributed by atoms with Gasteiger partial charge in [0.1, 0.15) is 12.1 Å². The smallest absolute Gasteiger partial charge is 0.246 e. The highest BCUT2D eigenvalue weighted by Gasteiger charge is 2.32. The minimum absolute atomic E-state index is 0.0310. The lowest BCUT2D eigenvalue weighted by atomic mass is 9.98. The van der Waals surface area contributed by atoms with Gasteiger partial charge in [-0.2, -0.15) is 0 Å². The molecule has 1 saturated heterocycles. The predicted octanol–water partition coefficient (Wildman–Crippen LogP) is 2.30. The second-order valence-corrected chi connectivity index (χ2v) is 6.75. The molecule has 0 aliphatic carbocycles. The fraction of sp³-hybridized carbons (Fsp3) is 0.263. The number of nitrogen functional groups attached to an aromatic ring is 1. The average molecular weight is 386 g/mol. The zero-order chi connectivity index (χ0) is 19.6. The number of anilines is 1. The molecule has 1 fully saturated rings. The third kappa shape index (κ3) is 4.09. The van der Waals surface area contributed by atoms with Gasteiger partial charge >= 0.3 is 0 Å². The van der Waals surface area contributed by atoms with Gasteiger partial charge in [-0.3, -0.25) is 9.59 Å². The van der Waals surface area contributed by atoms with E-state index in [2.05, 4.69) is 16.5 Å². The molecule has 0 bridgehead atoms. The Labute approximate surface area is 162 Å². The summed E-state index contributed by atoms with van der Waals surface area (Å²) in [4.78, 5) is 35.8. The van der Waals surface area contributed by atoms with Crippen LogP contribution in [0, 0.1) is 0 Å². The van der Waals surface area contributed by atoms with E-state index in [1.165, 1.54) is 19.3 Å². The van der Waals surface area contributed by atoms with Crippen molar-refractivity contribution >= 4 is 29.2 Å². The Morgan fingerprint density at radius 2 is 2.04 bits per heavy atom. The maximum absolute atomic E-state index is 12.3. The SMILES string of the molecule is C=CC(=O)N1CCN(C(C)=O)C[C@H]1c1cc(Cl)cc(-c2cc(N)ncn2)c1. The number of hydrogen-bond donors (Lipinski definition) is 1. The number of benzene rings is 1. The average Bonchev–Trinajstić information content (AvgIpc) is 2.66. The van der Waals surface area contributed by atoms with E-state index in [0.29, 0.717) is 36.2 Å². The van der Waals surface area contributed by atoms with Crippen LogP contribution in [-0.4, -0.2) is 51.2 Å². The summed E-state index contributed by atoms with van der Waals surface area (Å²) in [6, 6.07) is 6.81. The summed E-state index contributed by atoms with van der Waals surface area (Å²) < 4.78 is 0. The molecule has 0 unspecified atom stereocenters. The molecule has 27 heavy (non-hydrogen) atoms. The number of hydrogen-bond acceptors (Lipinski definition) is 5. The first-order valence-corrected chi connectivity index (χ1v) is 8.83. The number of rotatable bonds is 3. The van der Waals surface area contributed by atoms with Gasteiger partial charge in [0.25, 0.3) is 0 Å². The standard InChI is InChI=1S/C19H20ClN5O2/c1-3-19(27)25-5-4-24(12(2)26)10-17(25)14-6-13(7-15(20)8-14)16-9-18(21)23-11-22-16/h3,6-9,11,17H,1,4-5,10H2,2H3,(H2,21,22,23)/t17-/m0/s1. The summed E-state index contributed by atoms with van der Waals surface area (Å²) >= 11 is 6.34. The zero-order valence-electron chi connectivity index (χ0n) is 14.9. The van der Waals surface area contributed by atoms with E-state index >= 15 is 0 Å². The van der Waals surface area contributed by atoms with Crippen LogP contribution in [0.2, 0.25) is 5.02 Å². The van der Waals surface area contributed by atoms with Crippen molar-refractivity contribution in [3.05, 3.63) is 53.8 Å². The van der Waals surface area contributed by atoms with Crippen molar-refractivity contribution in [2.45, 2.75) is 13.0 Å². The van der Waals surface area contributed by atoms with Gasteiger partial charge in [-0.05, 0) is 29.8 Å². The van der Waals surface area contributed by atoms with Crippen LogP contribution < -0.4 is 5.73 Å². The molecule has 2 aromatic rings. The molecule has 1 aliphatic heterocycles. The highest BCUT2D eigenvalue weighted by molar-refractivity contribution is 6.31. The van der Waals surface area contributed by atoms with Gasteiger partial charge in [-0.25, -0.2) is 9.97 Å². The maximum Gasteiger partial charge on any atom is 0.246 e. The molecule has 0 saturated carbocycles. The van der Waals surface area contributed by atoms with Gasteiger partial charge in [-0.15, -0.1) is 0 Å². The molecule has 1 aromatic heterocycles. The second-order valence-electron chi connectivity index (χ2n) is 6.32. The quantitative estimate of drug-likeness (QED) is 0.818. The topological polar surface area (TPSA) is 92.4 Å². The van der Waals surface area contributed by atoms with Crippen LogP contribution in [0.1, 0.15) is 18.5 Å². The first-order chi connectivity index (χ1) is 12.9. The largest absolute Gasteiger partial charge is 0.384 e. The third-order valence-corrected chi connectivity index (χ3v) is 4.79. The summed E-state index contributed by atoms with van der Waals surface area (Å²) in [6.07, 6.45) is 2.67. The Hall–Kier alpha value is -2.93. The summed E-state index contributed by atoms with van der Waals surface area (Å²) in [7, 11) is 0. The van der Waals surface area contributed by atoms with Crippen molar-refractivity contribution in [1.29, 1.82) is 0 Å². The van der Waals surface area contributed by atoms with E-state index in [-0.39, 0.29) is 17.9 Å². The molecule has 2 N–H and O–H groups in total. The molecule has 0 spiro atoms. The Morgan fingerprint density at radius 1 is 1.26 bits per heavy atom. The van der Waals surface area contributed by atoms with Crippen LogP contribution in [0.3, 0.4) is 0 Å². The predicted molar refractivity (Wildman–Crippen MR) is 104 cm³/mol. The van der Waals surface area contributed by atoms with Gasteiger partial charge in [0.15, 0.2) is 0 Å². The summed E-state index contributed by atoms with van der Waals surface area (Å²) in [5, 5.41) is 0.505. The first-order valence-electron chi connectivity index (χ1n) is 8.46. The molecule has 140 valence electrons. The van der Waals surface area contributed by atoms with Crippen molar-refractivity contribution < 1.29 is 9.59 Å². The van der Waals surface area contributed by atoms with E-state index < -0.39 is 0 Å². The lowest BCUT2D eigenvalue weighted by molar-refractivity contribution is -0.139. The molecular weight excluding hydrogens is 366 g/mol. The molecule has 1 atom stereocenters. The molecule has 3 rings (SSSR count). The number of piperazine rings is 1. The lowest BCUT2D eigenvalue weighted by Crippen LogP contribution is -2.51. The number of nitrogens with two attached hydrogens (primary N) is 1. The lowest BCUT2D eigenvalue weighted by Gasteiger charge is -2.41. The normalized spacial score (nSPS) is 16.9. The zero-order valence-corrected chi connectivity index (χ0v) is 15.7. The minimum Gasteiger partial charge on any atom is -0.384 e. The van der Waals surface area contributed by atoms with E-state index in [0.717, 1.165) is 11.1 Å². The molecule has 0 radical (unpaired) electrons. The van der Waals surface area contributed by atoms with Gasteiger partial charge in [0.2, 0.25) is 11.8 Å². The van der Waals surface area contributed by atoms with E-state index in [1.807, 2.05) is 6.07 Å². The second kappa shape index (κ2) is 7.75. The number of amides is 2. The number of halogens is 1. The Kier molecular flexibility index (Phi) is 5.41. The number of nitrogens with zero attached hydrogens (tertiary/aromatic N) is 4. The van der Waals surface area contributed by atoms with Crippen LogP contribution in [0.5, 0.6) is 0 Å². The van der Waals surface area contributed by atoms with Crippen LogP contribution in [0.15, 0.2) is 43.2 Å². The Balaban J connectivity index is 2.04. The third-order valence-electron chi connectivity index (χ3n) is 4.57. The number of carbonyl (C=O) groups is 2. The molecule has 1 aliphatic rings. The van der Waals surface area contributed by atoms with Crippen molar-refractivity contribution in [2.75, 3.05) is 25.4 Å². The molecule has 2 amide bonds. The maximum atomic E-state index is 12.3. The highest BCUT2D eigenvalue weighted by atomic mass is 35.5. The first kappa shape index (κ1) is 18.8. The van der Waals surface area contributed by atoms with E-state index in [9.17, 15) is 9.59 Å². The molecule has 7 nitrogen and oxygen atoms in total. The number of aromatic nitrogens is 2. The Bertz CT molecular complexity index is 901. The highest BCUT2D eigenvalue weighted by Crippen LogP contribution is 2.32. The fourth-order valence-electron chi connectivity index (χ4n) is 3.22. The van der Waals surface area contributed by atoms with Crippen molar-refractivity contribution in [3.63, 3.8) is 0 Å². The molecular formula is C19H20ClN5O2. The van der Waals surface area contributed by atoms with Gasteiger partial charge in [0.05, 0.1) is 11.7 Å². The van der Waals surface area contributed by atoms with Crippen LogP contribution in [0.4, 0.5) is 5.82 Å². The van der Waals surface area contributed by atoms with Gasteiger partial charge in [-0.1, -0.05) is 18.2 Å². The molecule has 2 heterocycles. The molecule has 1 aromatic carbocycles. The summed E-state index contributed by atoms with van der Waals surface area (Å²) in [5.74, 6) is 0.137. The summed E-state index contributed by atoms with van der Waals surface area (Å²) in [6.45, 7) is 6.41. The molecule has 8 heteroatoms. The van der Waals surface area contributed by atoms with Gasteiger partial charge < -0.3 is 15.5 Å². The van der Waals surface area contributed by atoms with Crippen LogP contribution in [0.25, 0.3) is 11.3 Å².